The maximum atomic E-state index is 12.6. The molecule has 1 rings (SSSR count). The SMILES string of the molecule is CN(C)CCN(CC(=O)OC(C)(C)C)C(=O)CCNS(=O)(=O)/C=C/c1ccccc1. The van der Waals surface area contributed by atoms with Crippen LogP contribution >= 0.6 is 0 Å². The second-order valence-electron chi connectivity index (χ2n) is 8.11. The zero-order chi connectivity index (χ0) is 22.8. The van der Waals surface area contributed by atoms with Crippen molar-refractivity contribution in [2.24, 2.45) is 0 Å². The molecule has 0 unspecified atom stereocenters. The maximum absolute atomic E-state index is 12.6. The standard InChI is InChI=1S/C21H33N3O5S/c1-21(2,3)29-20(26)17-24(15-14-23(4)5)19(25)11-13-22-30(27,28)16-12-18-9-7-6-8-10-18/h6-10,12,16,22H,11,13-15,17H2,1-5H3/b16-12+. The highest BCUT2D eigenvalue weighted by Gasteiger charge is 2.22. The van der Waals surface area contributed by atoms with Gasteiger partial charge in [-0.05, 0) is 46.5 Å². The van der Waals surface area contributed by atoms with Crippen LogP contribution in [-0.2, 0) is 24.3 Å². The van der Waals surface area contributed by atoms with Crippen molar-refractivity contribution in [3.8, 4) is 0 Å². The third-order valence-corrected chi connectivity index (χ3v) is 4.89. The van der Waals surface area contributed by atoms with E-state index in [-0.39, 0.29) is 25.4 Å². The van der Waals surface area contributed by atoms with E-state index in [1.54, 1.807) is 32.9 Å². The van der Waals surface area contributed by atoms with E-state index in [1.165, 1.54) is 11.0 Å². The van der Waals surface area contributed by atoms with Gasteiger partial charge in [-0.3, -0.25) is 9.59 Å². The summed E-state index contributed by atoms with van der Waals surface area (Å²) in [5, 5.41) is 1.07. The van der Waals surface area contributed by atoms with Crippen LogP contribution in [0.15, 0.2) is 35.7 Å². The average Bonchev–Trinajstić information content (AvgIpc) is 2.62. The number of sulfonamides is 1. The number of hydrogen-bond acceptors (Lipinski definition) is 6. The number of rotatable bonds is 11. The number of benzene rings is 1. The summed E-state index contributed by atoms with van der Waals surface area (Å²) in [5.41, 5.74) is 0.111. The molecule has 8 nitrogen and oxygen atoms in total. The van der Waals surface area contributed by atoms with Gasteiger partial charge in [0.2, 0.25) is 15.9 Å². The summed E-state index contributed by atoms with van der Waals surface area (Å²) in [6.07, 6.45) is 1.42. The van der Waals surface area contributed by atoms with E-state index in [2.05, 4.69) is 4.72 Å². The van der Waals surface area contributed by atoms with Gasteiger partial charge >= 0.3 is 5.97 Å². The van der Waals surface area contributed by atoms with Crippen LogP contribution in [0.2, 0.25) is 0 Å². The Kier molecular flexibility index (Phi) is 10.2. The Bertz CT molecular complexity index is 815. The van der Waals surface area contributed by atoms with Crippen LogP contribution in [0, 0.1) is 0 Å². The van der Waals surface area contributed by atoms with Gasteiger partial charge in [0.15, 0.2) is 0 Å². The minimum absolute atomic E-state index is 0.0609. The molecule has 9 heteroatoms. The summed E-state index contributed by atoms with van der Waals surface area (Å²) in [7, 11) is 0.0537. The highest BCUT2D eigenvalue weighted by atomic mass is 32.2. The van der Waals surface area contributed by atoms with Gasteiger partial charge in [0.05, 0.1) is 0 Å². The Morgan fingerprint density at radius 3 is 2.30 bits per heavy atom. The summed E-state index contributed by atoms with van der Waals surface area (Å²) in [4.78, 5) is 28.0. The number of hydrogen-bond donors (Lipinski definition) is 1. The molecule has 0 radical (unpaired) electrons. The molecule has 0 atom stereocenters. The summed E-state index contributed by atoms with van der Waals surface area (Å²) < 4.78 is 31.9. The first-order chi connectivity index (χ1) is 13.9. The Labute approximate surface area is 179 Å². The predicted octanol–water partition coefficient (Wildman–Crippen LogP) is 1.70. The van der Waals surface area contributed by atoms with Crippen molar-refractivity contribution >= 4 is 28.0 Å². The first-order valence-corrected chi connectivity index (χ1v) is 11.3. The van der Waals surface area contributed by atoms with Gasteiger partial charge in [0.25, 0.3) is 0 Å². The molecule has 0 aromatic heterocycles. The van der Waals surface area contributed by atoms with Crippen LogP contribution in [-0.4, -0.2) is 76.0 Å². The van der Waals surface area contributed by atoms with E-state index < -0.39 is 21.6 Å². The molecule has 1 N–H and O–H groups in total. The number of carbonyl (C=O) groups is 2. The lowest BCUT2D eigenvalue weighted by Crippen LogP contribution is -2.43. The quantitative estimate of drug-likeness (QED) is 0.527. The topological polar surface area (TPSA) is 96.0 Å². The van der Waals surface area contributed by atoms with Gasteiger partial charge in [0, 0.05) is 31.5 Å². The molecule has 1 aromatic rings. The zero-order valence-corrected chi connectivity index (χ0v) is 19.2. The molecule has 0 spiro atoms. The summed E-state index contributed by atoms with van der Waals surface area (Å²) in [6.45, 7) is 5.95. The Hall–Kier alpha value is -2.23. The fourth-order valence-corrected chi connectivity index (χ4v) is 3.20. The first kappa shape index (κ1) is 25.8. The van der Waals surface area contributed by atoms with E-state index >= 15 is 0 Å². The van der Waals surface area contributed by atoms with E-state index in [4.69, 9.17) is 4.74 Å². The number of carbonyl (C=O) groups excluding carboxylic acids is 2. The van der Waals surface area contributed by atoms with Crippen LogP contribution < -0.4 is 4.72 Å². The van der Waals surface area contributed by atoms with Gasteiger partial charge in [-0.15, -0.1) is 0 Å². The second kappa shape index (κ2) is 11.8. The van der Waals surface area contributed by atoms with Crippen molar-refractivity contribution in [2.75, 3.05) is 40.3 Å². The Morgan fingerprint density at radius 1 is 1.10 bits per heavy atom. The number of nitrogens with zero attached hydrogens (tertiary/aromatic N) is 2. The van der Waals surface area contributed by atoms with E-state index in [0.717, 1.165) is 11.0 Å². The van der Waals surface area contributed by atoms with Crippen molar-refractivity contribution < 1.29 is 22.7 Å². The molecule has 0 fully saturated rings. The van der Waals surface area contributed by atoms with Crippen LogP contribution in [0.5, 0.6) is 0 Å². The predicted molar refractivity (Wildman–Crippen MR) is 118 cm³/mol. The Morgan fingerprint density at radius 2 is 1.73 bits per heavy atom. The van der Waals surface area contributed by atoms with Crippen molar-refractivity contribution in [3.63, 3.8) is 0 Å². The molecule has 30 heavy (non-hydrogen) atoms. The second-order valence-corrected chi connectivity index (χ2v) is 9.76. The molecule has 0 aliphatic carbocycles. The van der Waals surface area contributed by atoms with Crippen molar-refractivity contribution in [1.82, 2.24) is 14.5 Å². The third kappa shape index (κ3) is 11.7. The highest BCUT2D eigenvalue weighted by molar-refractivity contribution is 7.92. The molecule has 0 saturated carbocycles. The number of ether oxygens (including phenoxy) is 1. The lowest BCUT2D eigenvalue weighted by molar-refractivity contribution is -0.159. The normalized spacial score (nSPS) is 12.3. The van der Waals surface area contributed by atoms with Gasteiger partial charge in [-0.25, -0.2) is 13.1 Å². The van der Waals surface area contributed by atoms with Gasteiger partial charge < -0.3 is 14.5 Å². The number of esters is 1. The highest BCUT2D eigenvalue weighted by Crippen LogP contribution is 2.08. The van der Waals surface area contributed by atoms with Gasteiger partial charge in [-0.1, -0.05) is 30.3 Å². The minimum atomic E-state index is -3.68. The molecule has 1 aromatic carbocycles. The maximum Gasteiger partial charge on any atom is 0.326 e. The molecule has 0 heterocycles. The van der Waals surface area contributed by atoms with Crippen molar-refractivity contribution in [1.29, 1.82) is 0 Å². The fourth-order valence-electron chi connectivity index (χ4n) is 2.38. The third-order valence-electron chi connectivity index (χ3n) is 3.79. The van der Waals surface area contributed by atoms with Gasteiger partial charge in [0.1, 0.15) is 12.1 Å². The molecule has 0 bridgehead atoms. The summed E-state index contributed by atoms with van der Waals surface area (Å²) in [5.74, 6) is -0.821. The van der Waals surface area contributed by atoms with E-state index in [1.807, 2.05) is 37.2 Å². The van der Waals surface area contributed by atoms with Gasteiger partial charge in [-0.2, -0.15) is 0 Å². The lowest BCUT2D eigenvalue weighted by atomic mass is 10.2. The van der Waals surface area contributed by atoms with E-state index in [0.29, 0.717) is 13.1 Å². The molecule has 168 valence electrons. The summed E-state index contributed by atoms with van der Waals surface area (Å²) >= 11 is 0. The first-order valence-electron chi connectivity index (χ1n) is 9.75. The smallest absolute Gasteiger partial charge is 0.326 e. The Balaban J connectivity index is 2.62. The average molecular weight is 440 g/mol. The van der Waals surface area contributed by atoms with Crippen LogP contribution in [0.1, 0.15) is 32.8 Å². The molecule has 0 aliphatic rings. The molecule has 0 saturated heterocycles. The van der Waals surface area contributed by atoms with Crippen LogP contribution in [0.4, 0.5) is 0 Å². The molecule has 0 aliphatic heterocycles. The van der Waals surface area contributed by atoms with Crippen molar-refractivity contribution in [2.45, 2.75) is 32.8 Å². The fraction of sp³-hybridized carbons (Fsp3) is 0.524. The minimum Gasteiger partial charge on any atom is -0.459 e. The van der Waals surface area contributed by atoms with Crippen LogP contribution in [0.25, 0.3) is 6.08 Å². The largest absolute Gasteiger partial charge is 0.459 e. The molecular formula is C21H33N3O5S. The van der Waals surface area contributed by atoms with Crippen LogP contribution in [0.3, 0.4) is 0 Å². The lowest BCUT2D eigenvalue weighted by Gasteiger charge is -2.26. The number of amides is 1. The summed E-state index contributed by atoms with van der Waals surface area (Å²) in [6, 6.07) is 9.04. The van der Waals surface area contributed by atoms with E-state index in [9.17, 15) is 18.0 Å². The monoisotopic (exact) mass is 439 g/mol. The van der Waals surface area contributed by atoms with Crippen molar-refractivity contribution in [3.05, 3.63) is 41.3 Å². The number of likely N-dealkylation sites (N-methyl/N-ethyl adjacent to an activating group) is 1. The molecule has 1 amide bonds. The molecular weight excluding hydrogens is 406 g/mol. The zero-order valence-electron chi connectivity index (χ0n) is 18.4. The number of nitrogens with one attached hydrogen (secondary N) is 1.